The second-order valence-electron chi connectivity index (χ2n) is 7.12. The minimum Gasteiger partial charge on any atom is -0.358 e. The number of hydrogen-bond donors (Lipinski definition) is 1. The summed E-state index contributed by atoms with van der Waals surface area (Å²) in [6.45, 7) is 3.10. The number of rotatable bonds is 7. The smallest absolute Gasteiger partial charge is 0.342 e. The molecule has 1 N–H and O–H groups in total. The number of nitrogens with zero attached hydrogens (tertiary/aromatic N) is 6. The minimum atomic E-state index is -0.407. The van der Waals surface area contributed by atoms with Crippen molar-refractivity contribution in [1.29, 1.82) is 0 Å². The highest BCUT2D eigenvalue weighted by atomic mass is 32.2. The zero-order chi connectivity index (χ0) is 18.7. The van der Waals surface area contributed by atoms with Gasteiger partial charge < -0.3 is 15.0 Å². The molecule has 0 unspecified atom stereocenters. The van der Waals surface area contributed by atoms with E-state index in [-0.39, 0.29) is 5.82 Å². The molecule has 2 aliphatic rings. The molecule has 3 heterocycles. The second kappa shape index (κ2) is 8.38. The van der Waals surface area contributed by atoms with E-state index < -0.39 is 4.92 Å². The summed E-state index contributed by atoms with van der Waals surface area (Å²) in [7, 11) is 5.92. The molecular weight excluding hydrogens is 354 g/mol. The minimum absolute atomic E-state index is 0.00245. The van der Waals surface area contributed by atoms with Crippen LogP contribution in [0.2, 0.25) is 0 Å². The predicted octanol–water partition coefficient (Wildman–Crippen LogP) is 2.06. The van der Waals surface area contributed by atoms with Crippen molar-refractivity contribution in [2.75, 3.05) is 33.7 Å². The average Bonchev–Trinajstić information content (AvgIpc) is 3.21. The third kappa shape index (κ3) is 4.20. The molecule has 2 aliphatic heterocycles. The van der Waals surface area contributed by atoms with Crippen LogP contribution in [0, 0.1) is 16.0 Å². The van der Waals surface area contributed by atoms with E-state index in [2.05, 4.69) is 33.8 Å². The van der Waals surface area contributed by atoms with Crippen molar-refractivity contribution in [2.45, 2.75) is 25.7 Å². The van der Waals surface area contributed by atoms with Crippen molar-refractivity contribution in [3.63, 3.8) is 0 Å². The Kier molecular flexibility index (Phi) is 6.17. The molecule has 9 nitrogen and oxygen atoms in total. The fraction of sp³-hybridized carbons (Fsp3) is 0.688. The summed E-state index contributed by atoms with van der Waals surface area (Å²) in [4.78, 5) is 20.4. The highest BCUT2D eigenvalue weighted by molar-refractivity contribution is 8.00. The first-order valence-corrected chi connectivity index (χ1v) is 9.83. The van der Waals surface area contributed by atoms with E-state index >= 15 is 0 Å². The summed E-state index contributed by atoms with van der Waals surface area (Å²) >= 11 is 1.47. The van der Waals surface area contributed by atoms with Gasteiger partial charge in [-0.2, -0.15) is 4.83 Å². The van der Waals surface area contributed by atoms with Crippen molar-refractivity contribution in [3.05, 3.63) is 27.5 Å². The molecule has 1 fully saturated rings. The van der Waals surface area contributed by atoms with E-state index in [0.29, 0.717) is 5.82 Å². The average molecular weight is 382 g/mol. The molecule has 0 bridgehead atoms. The standard InChI is InChI=1S/C16H27N7O2S/c1-19(2)8-4-5-13-6-9-21(10-7-13)22-14(12-26-18-22)16-17-11-15(20(16)3)23(24)25/h11-13,18H,4-10H2,1-3H3. The Bertz CT molecular complexity index is 668. The number of nitro groups is 1. The lowest BCUT2D eigenvalue weighted by atomic mass is 9.93. The van der Waals surface area contributed by atoms with Crippen LogP contribution in [0.25, 0.3) is 5.70 Å². The summed E-state index contributed by atoms with van der Waals surface area (Å²) in [5.41, 5.74) is 0.858. The van der Waals surface area contributed by atoms with E-state index in [1.165, 1.54) is 48.4 Å². The Morgan fingerprint density at radius 1 is 1.42 bits per heavy atom. The van der Waals surface area contributed by atoms with Gasteiger partial charge >= 0.3 is 5.82 Å². The van der Waals surface area contributed by atoms with Crippen molar-refractivity contribution in [1.82, 2.24) is 29.4 Å². The molecule has 0 aromatic carbocycles. The molecule has 10 heteroatoms. The lowest BCUT2D eigenvalue weighted by Crippen LogP contribution is -2.49. The quantitative estimate of drug-likeness (QED) is 0.437. The molecule has 0 spiro atoms. The van der Waals surface area contributed by atoms with Crippen LogP contribution in [0.3, 0.4) is 0 Å². The molecule has 26 heavy (non-hydrogen) atoms. The molecular formula is C16H27N7O2S. The van der Waals surface area contributed by atoms with Gasteiger partial charge in [-0.3, -0.25) is 0 Å². The number of aromatic nitrogens is 2. The maximum atomic E-state index is 11.1. The van der Waals surface area contributed by atoms with Gasteiger partial charge in [-0.25, -0.2) is 19.7 Å². The van der Waals surface area contributed by atoms with Gasteiger partial charge in [0.15, 0.2) is 0 Å². The monoisotopic (exact) mass is 381 g/mol. The van der Waals surface area contributed by atoms with Gasteiger partial charge in [0.05, 0.1) is 7.05 Å². The third-order valence-electron chi connectivity index (χ3n) is 5.01. The SMILES string of the molecule is CN(C)CCCC1CCN(N2NSC=C2c2ncc([N+](=O)[O-])n2C)CC1. The highest BCUT2D eigenvalue weighted by Crippen LogP contribution is 2.32. The van der Waals surface area contributed by atoms with Crippen LogP contribution in [-0.2, 0) is 7.05 Å². The Hall–Kier alpha value is -1.62. The summed E-state index contributed by atoms with van der Waals surface area (Å²) in [6.07, 6.45) is 6.18. The molecule has 144 valence electrons. The second-order valence-corrected chi connectivity index (χ2v) is 7.78. The molecule has 0 amide bonds. The van der Waals surface area contributed by atoms with Crippen LogP contribution < -0.4 is 4.83 Å². The van der Waals surface area contributed by atoms with E-state index in [4.69, 9.17) is 0 Å². The van der Waals surface area contributed by atoms with Crippen molar-refractivity contribution >= 4 is 23.5 Å². The first-order chi connectivity index (χ1) is 12.5. The zero-order valence-electron chi connectivity index (χ0n) is 15.6. The molecule has 3 rings (SSSR count). The number of imidazole rings is 1. The largest absolute Gasteiger partial charge is 0.358 e. The van der Waals surface area contributed by atoms with E-state index in [9.17, 15) is 10.1 Å². The zero-order valence-corrected chi connectivity index (χ0v) is 16.4. The normalized spacial score (nSPS) is 19.4. The van der Waals surface area contributed by atoms with Crippen molar-refractivity contribution in [2.24, 2.45) is 13.0 Å². The predicted molar refractivity (Wildman–Crippen MR) is 102 cm³/mol. The first-order valence-electron chi connectivity index (χ1n) is 8.95. The molecule has 1 saturated heterocycles. The Morgan fingerprint density at radius 3 is 2.77 bits per heavy atom. The summed E-state index contributed by atoms with van der Waals surface area (Å²) < 4.78 is 1.53. The third-order valence-corrected chi connectivity index (χ3v) is 5.63. The summed E-state index contributed by atoms with van der Waals surface area (Å²) in [6, 6.07) is 0. The fourth-order valence-electron chi connectivity index (χ4n) is 3.50. The molecule has 1 aromatic heterocycles. The van der Waals surface area contributed by atoms with Gasteiger partial charge in [-0.05, 0) is 69.1 Å². The van der Waals surface area contributed by atoms with Crippen LogP contribution in [0.1, 0.15) is 31.5 Å². The Labute approximate surface area is 158 Å². The number of hydrogen-bond acceptors (Lipinski definition) is 8. The van der Waals surface area contributed by atoms with Gasteiger partial charge in [-0.15, -0.1) is 0 Å². The van der Waals surface area contributed by atoms with Gasteiger partial charge in [0.1, 0.15) is 11.9 Å². The molecule has 0 saturated carbocycles. The van der Waals surface area contributed by atoms with Gasteiger partial charge in [0.25, 0.3) is 0 Å². The number of nitrogens with one attached hydrogen (secondary N) is 1. The first kappa shape index (κ1) is 19.2. The molecule has 1 aromatic rings. The topological polar surface area (TPSA) is 82.7 Å². The molecule has 0 radical (unpaired) electrons. The maximum absolute atomic E-state index is 11.1. The lowest BCUT2D eigenvalue weighted by molar-refractivity contribution is -0.391. The van der Waals surface area contributed by atoms with E-state index in [1.54, 1.807) is 7.05 Å². The lowest BCUT2D eigenvalue weighted by Gasteiger charge is -2.38. The maximum Gasteiger partial charge on any atom is 0.342 e. The van der Waals surface area contributed by atoms with Gasteiger partial charge in [0.2, 0.25) is 5.82 Å². The van der Waals surface area contributed by atoms with Crippen LogP contribution in [0.4, 0.5) is 5.82 Å². The fourth-order valence-corrected chi connectivity index (χ4v) is 4.18. The van der Waals surface area contributed by atoms with E-state index in [1.807, 2.05) is 10.5 Å². The van der Waals surface area contributed by atoms with Crippen LogP contribution in [0.5, 0.6) is 0 Å². The molecule has 0 atom stereocenters. The Morgan fingerprint density at radius 2 is 2.15 bits per heavy atom. The Balaban J connectivity index is 1.59. The number of piperidine rings is 1. The van der Waals surface area contributed by atoms with Crippen LogP contribution in [0.15, 0.2) is 11.6 Å². The van der Waals surface area contributed by atoms with Crippen LogP contribution >= 0.6 is 11.9 Å². The van der Waals surface area contributed by atoms with E-state index in [0.717, 1.165) is 31.2 Å². The van der Waals surface area contributed by atoms with Gasteiger partial charge in [-0.1, -0.05) is 0 Å². The molecule has 0 aliphatic carbocycles. The summed E-state index contributed by atoms with van der Waals surface area (Å²) in [5.74, 6) is 1.38. The highest BCUT2D eigenvalue weighted by Gasteiger charge is 2.32. The van der Waals surface area contributed by atoms with Crippen molar-refractivity contribution < 1.29 is 4.92 Å². The van der Waals surface area contributed by atoms with Crippen LogP contribution in [-0.4, -0.2) is 63.2 Å². The van der Waals surface area contributed by atoms with Gasteiger partial charge in [0, 0.05) is 18.5 Å². The summed E-state index contributed by atoms with van der Waals surface area (Å²) in [5, 5.41) is 17.3. The number of hydrazine groups is 2. The van der Waals surface area contributed by atoms with Crippen molar-refractivity contribution in [3.8, 4) is 0 Å².